The van der Waals surface area contributed by atoms with Crippen LogP contribution in [0.5, 0.6) is 0 Å². The molecule has 2 aliphatic rings. The molecular weight excluding hydrogens is 190 g/mol. The highest BCUT2D eigenvalue weighted by Crippen LogP contribution is 2.48. The molecule has 4 unspecified atom stereocenters. The van der Waals surface area contributed by atoms with Gasteiger partial charge in [0.15, 0.2) is 0 Å². The van der Waals surface area contributed by atoms with Crippen molar-refractivity contribution in [1.29, 1.82) is 0 Å². The van der Waals surface area contributed by atoms with Gasteiger partial charge in [-0.15, -0.1) is 0 Å². The van der Waals surface area contributed by atoms with Gasteiger partial charge >= 0.3 is 0 Å². The van der Waals surface area contributed by atoms with Crippen LogP contribution >= 0.6 is 0 Å². The van der Waals surface area contributed by atoms with E-state index >= 15 is 0 Å². The lowest BCUT2D eigenvalue weighted by Gasteiger charge is -2.21. The van der Waals surface area contributed by atoms with Crippen LogP contribution in [0.1, 0.15) is 32.6 Å². The second-order valence-corrected chi connectivity index (χ2v) is 5.31. The molecule has 3 nitrogen and oxygen atoms in total. The Hall–Kier alpha value is -0.570. The van der Waals surface area contributed by atoms with Gasteiger partial charge in [-0.2, -0.15) is 0 Å². The minimum Gasteiger partial charge on any atom is -0.396 e. The Morgan fingerprint density at radius 1 is 1.47 bits per heavy atom. The van der Waals surface area contributed by atoms with E-state index in [1.165, 1.54) is 19.3 Å². The van der Waals surface area contributed by atoms with Crippen molar-refractivity contribution >= 4 is 5.91 Å². The number of aliphatic hydroxyl groups excluding tert-OH is 1. The third-order valence-corrected chi connectivity index (χ3v) is 4.01. The first-order valence-corrected chi connectivity index (χ1v) is 6.09. The van der Waals surface area contributed by atoms with Gasteiger partial charge in [0.25, 0.3) is 0 Å². The van der Waals surface area contributed by atoms with Crippen LogP contribution in [0.2, 0.25) is 0 Å². The normalized spacial score (nSPS) is 35.5. The number of amides is 1. The summed E-state index contributed by atoms with van der Waals surface area (Å²) in [7, 11) is 0. The Morgan fingerprint density at radius 2 is 2.27 bits per heavy atom. The first kappa shape index (κ1) is 10.9. The lowest BCUT2D eigenvalue weighted by molar-refractivity contribution is -0.126. The predicted octanol–water partition coefficient (Wildman–Crippen LogP) is 1.17. The molecule has 0 aromatic rings. The molecule has 0 radical (unpaired) electrons. The van der Waals surface area contributed by atoms with Crippen LogP contribution in [0.4, 0.5) is 0 Å². The molecule has 0 aromatic carbocycles. The minimum absolute atomic E-state index is 0.150. The molecule has 0 aliphatic heterocycles. The zero-order chi connectivity index (χ0) is 10.8. The van der Waals surface area contributed by atoms with Crippen molar-refractivity contribution in [3.63, 3.8) is 0 Å². The van der Waals surface area contributed by atoms with E-state index in [0.29, 0.717) is 12.5 Å². The quantitative estimate of drug-likeness (QED) is 0.733. The van der Waals surface area contributed by atoms with Crippen molar-refractivity contribution < 1.29 is 9.90 Å². The monoisotopic (exact) mass is 211 g/mol. The number of fused-ring (bicyclic) bond motifs is 2. The average Bonchev–Trinajstić information content (AvgIpc) is 2.86. The summed E-state index contributed by atoms with van der Waals surface area (Å²) in [6, 6.07) is 0. The standard InChI is InChI=1S/C12H21NO2/c1-8(7-14)6-13-12(15)11-5-9-2-3-10(11)4-9/h8-11,14H,2-7H2,1H3,(H,13,15). The SMILES string of the molecule is CC(CO)CNC(=O)C1CC2CCC1C2. The third-order valence-electron chi connectivity index (χ3n) is 4.01. The van der Waals surface area contributed by atoms with Crippen LogP contribution in [0, 0.1) is 23.7 Å². The zero-order valence-electron chi connectivity index (χ0n) is 9.41. The van der Waals surface area contributed by atoms with Crippen molar-refractivity contribution in [3.8, 4) is 0 Å². The lowest BCUT2D eigenvalue weighted by atomic mass is 9.88. The lowest BCUT2D eigenvalue weighted by Crippen LogP contribution is -2.36. The maximum absolute atomic E-state index is 11.9. The smallest absolute Gasteiger partial charge is 0.223 e. The Morgan fingerprint density at radius 3 is 2.80 bits per heavy atom. The molecule has 2 rings (SSSR count). The van der Waals surface area contributed by atoms with Crippen molar-refractivity contribution in [2.45, 2.75) is 32.6 Å². The molecule has 2 fully saturated rings. The van der Waals surface area contributed by atoms with Gasteiger partial charge in [0, 0.05) is 19.1 Å². The molecule has 2 N–H and O–H groups in total. The molecule has 2 bridgehead atoms. The molecular formula is C12H21NO2. The molecule has 0 heterocycles. The van der Waals surface area contributed by atoms with Crippen LogP contribution in [0.25, 0.3) is 0 Å². The Bertz CT molecular complexity index is 242. The molecule has 0 aromatic heterocycles. The van der Waals surface area contributed by atoms with E-state index in [1.54, 1.807) is 0 Å². The molecule has 2 saturated carbocycles. The highest BCUT2D eigenvalue weighted by molar-refractivity contribution is 5.79. The molecule has 0 spiro atoms. The van der Waals surface area contributed by atoms with E-state index in [0.717, 1.165) is 12.3 Å². The number of hydrogen-bond donors (Lipinski definition) is 2. The molecule has 1 amide bonds. The van der Waals surface area contributed by atoms with E-state index < -0.39 is 0 Å². The van der Waals surface area contributed by atoms with Crippen molar-refractivity contribution in [2.75, 3.05) is 13.2 Å². The number of hydrogen-bond acceptors (Lipinski definition) is 2. The second kappa shape index (κ2) is 4.52. The molecule has 0 saturated heterocycles. The fraction of sp³-hybridized carbons (Fsp3) is 0.917. The van der Waals surface area contributed by atoms with Crippen molar-refractivity contribution in [2.24, 2.45) is 23.7 Å². The summed E-state index contributed by atoms with van der Waals surface area (Å²) in [4.78, 5) is 11.9. The highest BCUT2D eigenvalue weighted by Gasteiger charge is 2.42. The summed E-state index contributed by atoms with van der Waals surface area (Å²) in [5.41, 5.74) is 0. The number of nitrogens with one attached hydrogen (secondary N) is 1. The van der Waals surface area contributed by atoms with Crippen LogP contribution in [-0.4, -0.2) is 24.2 Å². The summed E-state index contributed by atoms with van der Waals surface area (Å²) >= 11 is 0. The Kier molecular flexibility index (Phi) is 3.29. The summed E-state index contributed by atoms with van der Waals surface area (Å²) in [6.07, 6.45) is 4.96. The number of aliphatic hydroxyl groups is 1. The van der Waals surface area contributed by atoms with E-state index in [1.807, 2.05) is 6.92 Å². The third kappa shape index (κ3) is 2.33. The maximum Gasteiger partial charge on any atom is 0.223 e. The van der Waals surface area contributed by atoms with Gasteiger partial charge in [0.2, 0.25) is 5.91 Å². The largest absolute Gasteiger partial charge is 0.396 e. The van der Waals surface area contributed by atoms with Gasteiger partial charge in [-0.05, 0) is 37.0 Å². The second-order valence-electron chi connectivity index (χ2n) is 5.31. The van der Waals surface area contributed by atoms with Crippen LogP contribution in [0.3, 0.4) is 0 Å². The number of carbonyl (C=O) groups is 1. The van der Waals surface area contributed by atoms with E-state index in [2.05, 4.69) is 5.32 Å². The zero-order valence-corrected chi connectivity index (χ0v) is 9.41. The summed E-state index contributed by atoms with van der Waals surface area (Å²) < 4.78 is 0. The Labute approximate surface area is 91.2 Å². The van der Waals surface area contributed by atoms with Gasteiger partial charge in [-0.1, -0.05) is 13.3 Å². The summed E-state index contributed by atoms with van der Waals surface area (Å²) in [5, 5.41) is 11.8. The Balaban J connectivity index is 1.77. The van der Waals surface area contributed by atoms with Crippen LogP contribution < -0.4 is 5.32 Å². The first-order chi connectivity index (χ1) is 7.20. The molecule has 15 heavy (non-hydrogen) atoms. The molecule has 86 valence electrons. The number of carbonyl (C=O) groups excluding carboxylic acids is 1. The van der Waals surface area contributed by atoms with Gasteiger partial charge in [0.05, 0.1) is 0 Å². The molecule has 4 atom stereocenters. The predicted molar refractivity (Wildman–Crippen MR) is 58.2 cm³/mol. The van der Waals surface area contributed by atoms with Crippen LogP contribution in [0.15, 0.2) is 0 Å². The minimum atomic E-state index is 0.150. The fourth-order valence-electron chi connectivity index (χ4n) is 3.04. The molecule has 3 heteroatoms. The topological polar surface area (TPSA) is 49.3 Å². The van der Waals surface area contributed by atoms with Gasteiger partial charge < -0.3 is 10.4 Å². The fourth-order valence-corrected chi connectivity index (χ4v) is 3.04. The number of rotatable bonds is 4. The van der Waals surface area contributed by atoms with Crippen LogP contribution in [-0.2, 0) is 4.79 Å². The van der Waals surface area contributed by atoms with Gasteiger partial charge in [0.1, 0.15) is 0 Å². The maximum atomic E-state index is 11.9. The van der Waals surface area contributed by atoms with Crippen molar-refractivity contribution in [3.05, 3.63) is 0 Å². The van der Waals surface area contributed by atoms with Gasteiger partial charge in [-0.25, -0.2) is 0 Å². The highest BCUT2D eigenvalue weighted by atomic mass is 16.3. The van der Waals surface area contributed by atoms with E-state index in [9.17, 15) is 4.79 Å². The summed E-state index contributed by atoms with van der Waals surface area (Å²) in [5.74, 6) is 2.14. The van der Waals surface area contributed by atoms with E-state index in [-0.39, 0.29) is 24.3 Å². The van der Waals surface area contributed by atoms with E-state index in [4.69, 9.17) is 5.11 Å². The van der Waals surface area contributed by atoms with Crippen molar-refractivity contribution in [1.82, 2.24) is 5.32 Å². The first-order valence-electron chi connectivity index (χ1n) is 6.09. The summed E-state index contributed by atoms with van der Waals surface area (Å²) in [6.45, 7) is 2.71. The molecule has 2 aliphatic carbocycles. The van der Waals surface area contributed by atoms with Gasteiger partial charge in [-0.3, -0.25) is 4.79 Å². The average molecular weight is 211 g/mol.